The van der Waals surface area contributed by atoms with Crippen molar-refractivity contribution in [2.45, 2.75) is 12.2 Å². The van der Waals surface area contributed by atoms with Gasteiger partial charge in [0.1, 0.15) is 5.82 Å². The van der Waals surface area contributed by atoms with Crippen LogP contribution < -0.4 is 4.90 Å². The Bertz CT molecular complexity index is 301. The molecule has 1 aliphatic heterocycles. The quantitative estimate of drug-likeness (QED) is 0.782. The topological polar surface area (TPSA) is 16.1 Å². The standard InChI is InChI=1S/C10H13BrN2S/c1-8-7-13(4-5-14-8)10-3-2-9(11)6-12-10/h2-3,6,8H,4-5,7H2,1H3/t8-/m1/s1. The summed E-state index contributed by atoms with van der Waals surface area (Å²) in [6.45, 7) is 4.50. The highest BCUT2D eigenvalue weighted by Gasteiger charge is 2.17. The first-order chi connectivity index (χ1) is 6.75. The molecule has 0 aliphatic carbocycles. The van der Waals surface area contributed by atoms with E-state index in [2.05, 4.69) is 44.9 Å². The summed E-state index contributed by atoms with van der Waals surface area (Å²) in [6.07, 6.45) is 1.86. The van der Waals surface area contributed by atoms with Crippen molar-refractivity contribution in [2.24, 2.45) is 0 Å². The fraction of sp³-hybridized carbons (Fsp3) is 0.500. The molecule has 1 atom stereocenters. The maximum Gasteiger partial charge on any atom is 0.128 e. The summed E-state index contributed by atoms with van der Waals surface area (Å²) < 4.78 is 1.04. The van der Waals surface area contributed by atoms with Gasteiger partial charge in [-0.25, -0.2) is 4.98 Å². The first-order valence-electron chi connectivity index (χ1n) is 4.74. The summed E-state index contributed by atoms with van der Waals surface area (Å²) in [5.74, 6) is 2.30. The molecule has 2 heterocycles. The molecule has 0 N–H and O–H groups in total. The van der Waals surface area contributed by atoms with Gasteiger partial charge >= 0.3 is 0 Å². The van der Waals surface area contributed by atoms with Crippen LogP contribution >= 0.6 is 27.7 Å². The number of aromatic nitrogens is 1. The predicted molar refractivity (Wildman–Crippen MR) is 66.1 cm³/mol. The first kappa shape index (κ1) is 10.3. The normalized spacial score (nSPS) is 22.4. The van der Waals surface area contributed by atoms with Crippen molar-refractivity contribution < 1.29 is 0 Å². The van der Waals surface area contributed by atoms with E-state index in [0.29, 0.717) is 5.25 Å². The van der Waals surface area contributed by atoms with Gasteiger partial charge in [-0.2, -0.15) is 11.8 Å². The molecule has 0 saturated carbocycles. The number of nitrogens with zero attached hydrogens (tertiary/aromatic N) is 2. The number of halogens is 1. The van der Waals surface area contributed by atoms with Gasteiger partial charge in [0, 0.05) is 34.8 Å². The zero-order chi connectivity index (χ0) is 9.97. The van der Waals surface area contributed by atoms with Gasteiger partial charge in [-0.3, -0.25) is 0 Å². The third-order valence-corrected chi connectivity index (χ3v) is 3.88. The van der Waals surface area contributed by atoms with Gasteiger partial charge in [0.05, 0.1) is 0 Å². The SMILES string of the molecule is C[C@@H]1CN(c2ccc(Br)cn2)CCS1. The van der Waals surface area contributed by atoms with E-state index in [9.17, 15) is 0 Å². The maximum atomic E-state index is 4.41. The van der Waals surface area contributed by atoms with Crippen LogP contribution in [0.4, 0.5) is 5.82 Å². The lowest BCUT2D eigenvalue weighted by atomic mass is 10.3. The van der Waals surface area contributed by atoms with Crippen LogP contribution in [0.15, 0.2) is 22.8 Å². The van der Waals surface area contributed by atoms with Crippen LogP contribution in [-0.4, -0.2) is 29.1 Å². The number of anilines is 1. The molecule has 76 valence electrons. The van der Waals surface area contributed by atoms with Gasteiger partial charge in [0.2, 0.25) is 0 Å². The minimum absolute atomic E-state index is 0.717. The van der Waals surface area contributed by atoms with Gasteiger partial charge in [0.15, 0.2) is 0 Å². The number of hydrogen-bond acceptors (Lipinski definition) is 3. The third kappa shape index (κ3) is 2.42. The molecule has 1 saturated heterocycles. The van der Waals surface area contributed by atoms with E-state index < -0.39 is 0 Å². The second-order valence-corrected chi connectivity index (χ2v) is 5.92. The Morgan fingerprint density at radius 1 is 1.57 bits per heavy atom. The lowest BCUT2D eigenvalue weighted by molar-refractivity contribution is 0.770. The van der Waals surface area contributed by atoms with Crippen LogP contribution in [0, 0.1) is 0 Å². The maximum absolute atomic E-state index is 4.41. The second kappa shape index (κ2) is 4.53. The van der Waals surface area contributed by atoms with Crippen LogP contribution in [0.25, 0.3) is 0 Å². The summed E-state index contributed by atoms with van der Waals surface area (Å²) in [5, 5.41) is 0.717. The molecule has 2 nitrogen and oxygen atoms in total. The molecule has 0 spiro atoms. The van der Waals surface area contributed by atoms with Crippen molar-refractivity contribution in [3.63, 3.8) is 0 Å². The Kier molecular flexibility index (Phi) is 3.34. The van der Waals surface area contributed by atoms with Gasteiger partial charge in [-0.1, -0.05) is 6.92 Å². The molecule has 0 amide bonds. The molecular weight excluding hydrogens is 260 g/mol. The Morgan fingerprint density at radius 2 is 2.43 bits per heavy atom. The number of rotatable bonds is 1. The van der Waals surface area contributed by atoms with E-state index in [4.69, 9.17) is 0 Å². The first-order valence-corrected chi connectivity index (χ1v) is 6.58. The van der Waals surface area contributed by atoms with Crippen molar-refractivity contribution >= 4 is 33.5 Å². The predicted octanol–water partition coefficient (Wildman–Crippen LogP) is 2.79. The summed E-state index contributed by atoms with van der Waals surface area (Å²) >= 11 is 5.44. The summed E-state index contributed by atoms with van der Waals surface area (Å²) in [7, 11) is 0. The van der Waals surface area contributed by atoms with Crippen LogP contribution in [-0.2, 0) is 0 Å². The lowest BCUT2D eigenvalue weighted by Crippen LogP contribution is -2.37. The Labute approximate surface area is 97.2 Å². The summed E-state index contributed by atoms with van der Waals surface area (Å²) in [6, 6.07) is 4.13. The average Bonchev–Trinajstić information content (AvgIpc) is 2.19. The minimum atomic E-state index is 0.717. The molecule has 0 bridgehead atoms. The minimum Gasteiger partial charge on any atom is -0.355 e. The van der Waals surface area contributed by atoms with Crippen LogP contribution in [0.1, 0.15) is 6.92 Å². The van der Waals surface area contributed by atoms with Crippen LogP contribution in [0.5, 0.6) is 0 Å². The van der Waals surface area contributed by atoms with Gasteiger partial charge < -0.3 is 4.90 Å². The van der Waals surface area contributed by atoms with E-state index in [1.165, 1.54) is 5.75 Å². The molecule has 4 heteroatoms. The molecule has 0 unspecified atom stereocenters. The van der Waals surface area contributed by atoms with Crippen LogP contribution in [0.3, 0.4) is 0 Å². The highest BCUT2D eigenvalue weighted by atomic mass is 79.9. The largest absolute Gasteiger partial charge is 0.355 e. The van der Waals surface area contributed by atoms with Crippen molar-refractivity contribution in [3.05, 3.63) is 22.8 Å². The monoisotopic (exact) mass is 272 g/mol. The highest BCUT2D eigenvalue weighted by molar-refractivity contribution is 9.10. The summed E-state index contributed by atoms with van der Waals surface area (Å²) in [4.78, 5) is 6.76. The van der Waals surface area contributed by atoms with E-state index >= 15 is 0 Å². The fourth-order valence-corrected chi connectivity index (χ4v) is 2.83. The van der Waals surface area contributed by atoms with Gasteiger partial charge in [-0.15, -0.1) is 0 Å². The molecule has 14 heavy (non-hydrogen) atoms. The van der Waals surface area contributed by atoms with E-state index in [1.54, 1.807) is 0 Å². The van der Waals surface area contributed by atoms with Crippen LogP contribution in [0.2, 0.25) is 0 Å². The summed E-state index contributed by atoms with van der Waals surface area (Å²) in [5.41, 5.74) is 0. The fourth-order valence-electron chi connectivity index (χ4n) is 1.58. The van der Waals surface area contributed by atoms with Gasteiger partial charge in [-0.05, 0) is 28.1 Å². The Balaban J connectivity index is 2.10. The lowest BCUT2D eigenvalue weighted by Gasteiger charge is -2.31. The molecule has 0 radical (unpaired) electrons. The molecule has 0 aromatic carbocycles. The number of pyridine rings is 1. The number of thioether (sulfide) groups is 1. The molecular formula is C10H13BrN2S. The van der Waals surface area contributed by atoms with E-state index in [-0.39, 0.29) is 0 Å². The highest BCUT2D eigenvalue weighted by Crippen LogP contribution is 2.22. The van der Waals surface area contributed by atoms with E-state index in [0.717, 1.165) is 23.4 Å². The smallest absolute Gasteiger partial charge is 0.128 e. The molecule has 1 fully saturated rings. The van der Waals surface area contributed by atoms with E-state index in [1.807, 2.05) is 18.0 Å². The molecule has 2 rings (SSSR count). The number of hydrogen-bond donors (Lipinski definition) is 0. The Hall–Kier alpha value is -0.220. The zero-order valence-electron chi connectivity index (χ0n) is 8.11. The molecule has 1 aromatic heterocycles. The Morgan fingerprint density at radius 3 is 3.07 bits per heavy atom. The third-order valence-electron chi connectivity index (χ3n) is 2.28. The molecule has 1 aromatic rings. The van der Waals surface area contributed by atoms with Crippen molar-refractivity contribution in [2.75, 3.05) is 23.7 Å². The molecule has 1 aliphatic rings. The second-order valence-electron chi connectivity index (χ2n) is 3.46. The van der Waals surface area contributed by atoms with Crippen molar-refractivity contribution in [1.29, 1.82) is 0 Å². The average molecular weight is 273 g/mol. The van der Waals surface area contributed by atoms with Crippen molar-refractivity contribution in [1.82, 2.24) is 4.98 Å². The van der Waals surface area contributed by atoms with Gasteiger partial charge in [0.25, 0.3) is 0 Å². The van der Waals surface area contributed by atoms with Crippen molar-refractivity contribution in [3.8, 4) is 0 Å². The zero-order valence-corrected chi connectivity index (χ0v) is 10.5.